The van der Waals surface area contributed by atoms with Crippen LogP contribution < -0.4 is 0 Å². The molecule has 0 unspecified atom stereocenters. The van der Waals surface area contributed by atoms with Gasteiger partial charge < -0.3 is 13.9 Å². The number of aliphatic imine (C=N–C) groups is 1. The van der Waals surface area contributed by atoms with E-state index in [9.17, 15) is 0 Å². The van der Waals surface area contributed by atoms with Crippen LogP contribution in [0.5, 0.6) is 0 Å². The van der Waals surface area contributed by atoms with Crippen LogP contribution in [0.4, 0.5) is 0 Å². The number of nitrogens with zero attached hydrogens (tertiary/aromatic N) is 4. The van der Waals surface area contributed by atoms with Gasteiger partial charge in [-0.05, 0) is 36.4 Å². The molecular weight excluding hydrogens is 344 g/mol. The zero-order valence-electron chi connectivity index (χ0n) is 14.5. The summed E-state index contributed by atoms with van der Waals surface area (Å²) < 4.78 is 7.83. The fraction of sp³-hybridized carbons (Fsp3) is 0.300. The van der Waals surface area contributed by atoms with E-state index in [-0.39, 0.29) is 12.1 Å². The highest BCUT2D eigenvalue weighted by atomic mass is 32.2. The zero-order chi connectivity index (χ0) is 17.5. The number of hydrogen-bond donors (Lipinski definition) is 0. The van der Waals surface area contributed by atoms with Gasteiger partial charge in [0, 0.05) is 29.9 Å². The Morgan fingerprint density at radius 3 is 2.96 bits per heavy atom. The van der Waals surface area contributed by atoms with Gasteiger partial charge in [0.05, 0.1) is 24.5 Å². The second-order valence-corrected chi connectivity index (χ2v) is 8.18. The van der Waals surface area contributed by atoms with Crippen LogP contribution in [-0.2, 0) is 6.54 Å². The van der Waals surface area contributed by atoms with E-state index in [0.717, 1.165) is 29.7 Å². The molecule has 26 heavy (non-hydrogen) atoms. The molecule has 3 aromatic heterocycles. The number of amidine groups is 1. The van der Waals surface area contributed by atoms with Gasteiger partial charge in [-0.2, -0.15) is 0 Å². The van der Waals surface area contributed by atoms with Gasteiger partial charge in [0.1, 0.15) is 11.8 Å². The van der Waals surface area contributed by atoms with E-state index in [1.807, 2.05) is 42.2 Å². The first-order valence-corrected chi connectivity index (χ1v) is 9.77. The molecule has 132 valence electrons. The molecule has 5 heterocycles. The Morgan fingerprint density at radius 2 is 2.15 bits per heavy atom. The highest BCUT2D eigenvalue weighted by molar-refractivity contribution is 8.14. The molecule has 0 saturated carbocycles. The summed E-state index contributed by atoms with van der Waals surface area (Å²) in [4.78, 5) is 12.1. The normalized spacial score (nSPS) is 24.7. The lowest BCUT2D eigenvalue weighted by molar-refractivity contribution is 0.306. The predicted octanol–water partition coefficient (Wildman–Crippen LogP) is 4.11. The summed E-state index contributed by atoms with van der Waals surface area (Å²) in [6.07, 6.45) is 5.70. The molecular formula is C20H20N4OS. The van der Waals surface area contributed by atoms with E-state index in [2.05, 4.69) is 45.8 Å². The second kappa shape index (κ2) is 6.36. The van der Waals surface area contributed by atoms with Gasteiger partial charge in [-0.15, -0.1) is 0 Å². The van der Waals surface area contributed by atoms with Gasteiger partial charge in [0.25, 0.3) is 0 Å². The van der Waals surface area contributed by atoms with Crippen LogP contribution in [-0.4, -0.2) is 31.4 Å². The molecule has 0 spiro atoms. The van der Waals surface area contributed by atoms with E-state index in [4.69, 9.17) is 9.41 Å². The van der Waals surface area contributed by atoms with Crippen molar-refractivity contribution in [1.82, 2.24) is 14.5 Å². The number of aromatic nitrogens is 2. The Labute approximate surface area is 156 Å². The van der Waals surface area contributed by atoms with Crippen molar-refractivity contribution in [3.63, 3.8) is 0 Å². The monoisotopic (exact) mass is 364 g/mol. The molecule has 0 amide bonds. The van der Waals surface area contributed by atoms with Gasteiger partial charge in [0.15, 0.2) is 5.17 Å². The first-order valence-electron chi connectivity index (χ1n) is 8.89. The maximum Gasteiger partial charge on any atom is 0.160 e. The third-order valence-electron chi connectivity index (χ3n) is 4.96. The van der Waals surface area contributed by atoms with Crippen LogP contribution in [0.2, 0.25) is 0 Å². The fourth-order valence-electron chi connectivity index (χ4n) is 3.85. The topological polar surface area (TPSA) is 46.6 Å². The smallest absolute Gasteiger partial charge is 0.160 e. The van der Waals surface area contributed by atoms with Crippen molar-refractivity contribution < 1.29 is 4.42 Å². The number of rotatable bonds is 4. The van der Waals surface area contributed by atoms with Gasteiger partial charge >= 0.3 is 0 Å². The first kappa shape index (κ1) is 15.8. The minimum atomic E-state index is 0.0245. The molecule has 0 N–H and O–H groups in total. The van der Waals surface area contributed by atoms with Crippen molar-refractivity contribution >= 4 is 16.9 Å². The van der Waals surface area contributed by atoms with Crippen molar-refractivity contribution in [2.24, 2.45) is 4.99 Å². The molecule has 3 atom stereocenters. The van der Waals surface area contributed by atoms with Crippen LogP contribution in [0.25, 0.3) is 0 Å². The van der Waals surface area contributed by atoms with Crippen LogP contribution >= 0.6 is 11.8 Å². The van der Waals surface area contributed by atoms with Crippen molar-refractivity contribution in [3.8, 4) is 0 Å². The Bertz CT molecular complexity index is 918. The Hall–Kier alpha value is -2.47. The second-order valence-electron chi connectivity index (χ2n) is 6.78. The van der Waals surface area contributed by atoms with Crippen LogP contribution in [0.3, 0.4) is 0 Å². The van der Waals surface area contributed by atoms with E-state index >= 15 is 0 Å². The summed E-state index contributed by atoms with van der Waals surface area (Å²) in [7, 11) is 0. The molecule has 1 fully saturated rings. The third-order valence-corrected chi connectivity index (χ3v) is 6.06. The number of furan rings is 1. The van der Waals surface area contributed by atoms with E-state index < -0.39 is 0 Å². The molecule has 0 radical (unpaired) electrons. The van der Waals surface area contributed by atoms with Crippen molar-refractivity contribution in [3.05, 3.63) is 78.3 Å². The average Bonchev–Trinajstić information content (AvgIpc) is 3.41. The lowest BCUT2D eigenvalue weighted by Crippen LogP contribution is -2.30. The maximum absolute atomic E-state index is 5.56. The molecule has 6 heteroatoms. The standard InChI is InChI=1S/C20H20N4OS/c1-14-12-24-19(17-8-4-10-23(17)13-15-6-5-11-25-15)18(22-20(24)26-14)16-7-2-3-9-21-16/h2-11,14,18-19H,12-13H2,1H3/t14-,18-,19-/m1/s1. The Morgan fingerprint density at radius 1 is 1.19 bits per heavy atom. The van der Waals surface area contributed by atoms with E-state index in [1.54, 1.807) is 6.26 Å². The molecule has 2 aliphatic heterocycles. The molecule has 5 rings (SSSR count). The summed E-state index contributed by atoms with van der Waals surface area (Å²) in [5.41, 5.74) is 2.28. The molecule has 2 aliphatic rings. The number of thioether (sulfide) groups is 1. The predicted molar refractivity (Wildman–Crippen MR) is 103 cm³/mol. The molecule has 0 bridgehead atoms. The van der Waals surface area contributed by atoms with Crippen LogP contribution in [0.1, 0.15) is 36.2 Å². The summed E-state index contributed by atoms with van der Waals surface area (Å²) in [6, 6.07) is 14.5. The summed E-state index contributed by atoms with van der Waals surface area (Å²) >= 11 is 1.87. The van der Waals surface area contributed by atoms with Gasteiger partial charge in [-0.3, -0.25) is 9.98 Å². The van der Waals surface area contributed by atoms with Gasteiger partial charge in [-0.1, -0.05) is 24.8 Å². The third kappa shape index (κ3) is 2.65. The van der Waals surface area contributed by atoms with Crippen LogP contribution in [0, 0.1) is 0 Å². The molecule has 5 nitrogen and oxygen atoms in total. The highest BCUT2D eigenvalue weighted by Crippen LogP contribution is 2.47. The van der Waals surface area contributed by atoms with Crippen molar-refractivity contribution in [2.75, 3.05) is 6.54 Å². The molecule has 0 aromatic carbocycles. The highest BCUT2D eigenvalue weighted by Gasteiger charge is 2.44. The zero-order valence-corrected chi connectivity index (χ0v) is 15.3. The fourth-order valence-corrected chi connectivity index (χ4v) is 4.94. The average molecular weight is 364 g/mol. The minimum Gasteiger partial charge on any atom is -0.467 e. The molecule has 1 saturated heterocycles. The molecule has 3 aromatic rings. The van der Waals surface area contributed by atoms with Crippen molar-refractivity contribution in [1.29, 1.82) is 0 Å². The van der Waals surface area contributed by atoms with E-state index in [1.165, 1.54) is 5.69 Å². The largest absolute Gasteiger partial charge is 0.467 e. The summed E-state index contributed by atoms with van der Waals surface area (Å²) in [5.74, 6) is 0.958. The minimum absolute atomic E-state index is 0.0245. The lowest BCUT2D eigenvalue weighted by Gasteiger charge is -2.28. The quantitative estimate of drug-likeness (QED) is 0.699. The van der Waals surface area contributed by atoms with Crippen molar-refractivity contribution in [2.45, 2.75) is 30.8 Å². The number of pyridine rings is 1. The maximum atomic E-state index is 5.56. The lowest BCUT2D eigenvalue weighted by atomic mass is 10.0. The van der Waals surface area contributed by atoms with Gasteiger partial charge in [0.2, 0.25) is 0 Å². The van der Waals surface area contributed by atoms with Gasteiger partial charge in [-0.25, -0.2) is 0 Å². The SMILES string of the molecule is C[C@@H]1CN2C(=N[C@H](c3ccccn3)[C@H]2c2cccn2Cc2ccco2)S1. The Balaban J connectivity index is 1.55. The molecule has 0 aliphatic carbocycles. The first-order chi connectivity index (χ1) is 12.8. The van der Waals surface area contributed by atoms with E-state index in [0.29, 0.717) is 5.25 Å². The summed E-state index contributed by atoms with van der Waals surface area (Å²) in [6.45, 7) is 4.01. The number of hydrogen-bond acceptors (Lipinski definition) is 5. The summed E-state index contributed by atoms with van der Waals surface area (Å²) in [5, 5.41) is 1.71. The van der Waals surface area contributed by atoms with Crippen LogP contribution in [0.15, 0.2) is 70.5 Å². The Kier molecular flexibility index (Phi) is 3.85. The number of fused-ring (bicyclic) bond motifs is 1.